The van der Waals surface area contributed by atoms with Crippen LogP contribution in [-0.4, -0.2) is 38.0 Å². The summed E-state index contributed by atoms with van der Waals surface area (Å²) in [6, 6.07) is 11.9. The van der Waals surface area contributed by atoms with Crippen LogP contribution in [0.5, 0.6) is 0 Å². The fourth-order valence-corrected chi connectivity index (χ4v) is 3.85. The highest BCUT2D eigenvalue weighted by Crippen LogP contribution is 2.24. The average Bonchev–Trinajstić information content (AvgIpc) is 3.07. The quantitative estimate of drug-likeness (QED) is 0.558. The maximum atomic E-state index is 13.0. The summed E-state index contributed by atoms with van der Waals surface area (Å²) in [4.78, 5) is 18.7. The van der Waals surface area contributed by atoms with Crippen LogP contribution < -0.4 is 4.90 Å². The molecule has 1 amide bonds. The summed E-state index contributed by atoms with van der Waals surface area (Å²) in [5.74, 6) is 0.863. The zero-order valence-electron chi connectivity index (χ0n) is 16.7. The van der Waals surface area contributed by atoms with E-state index in [1.54, 1.807) is 17.3 Å². The van der Waals surface area contributed by atoms with Gasteiger partial charge in [0.15, 0.2) is 11.0 Å². The molecule has 8 heteroatoms. The van der Waals surface area contributed by atoms with E-state index in [0.29, 0.717) is 11.7 Å². The number of anilines is 1. The summed E-state index contributed by atoms with van der Waals surface area (Å²) in [6.07, 6.45) is 3.69. The first-order chi connectivity index (χ1) is 14.0. The lowest BCUT2D eigenvalue weighted by molar-refractivity contribution is -0.116. The predicted molar refractivity (Wildman–Crippen MR) is 113 cm³/mol. The largest absolute Gasteiger partial charge is 0.311 e. The van der Waals surface area contributed by atoms with E-state index < -0.39 is 0 Å². The van der Waals surface area contributed by atoms with Crippen molar-refractivity contribution in [3.8, 4) is 17.5 Å². The van der Waals surface area contributed by atoms with Crippen molar-refractivity contribution in [1.29, 1.82) is 5.26 Å². The molecule has 0 aliphatic heterocycles. The van der Waals surface area contributed by atoms with Gasteiger partial charge in [-0.3, -0.25) is 9.78 Å². The number of pyridine rings is 1. The third-order valence-electron chi connectivity index (χ3n) is 4.36. The van der Waals surface area contributed by atoms with Crippen LogP contribution in [0.4, 0.5) is 5.69 Å². The number of rotatable bonds is 7. The molecule has 0 atom stereocenters. The fourth-order valence-electron chi connectivity index (χ4n) is 3.06. The lowest BCUT2D eigenvalue weighted by atomic mass is 10.1. The van der Waals surface area contributed by atoms with Crippen molar-refractivity contribution < 1.29 is 4.79 Å². The smallest absolute Gasteiger partial charge is 0.237 e. The van der Waals surface area contributed by atoms with Gasteiger partial charge in [-0.15, -0.1) is 10.2 Å². The Balaban J connectivity index is 1.75. The van der Waals surface area contributed by atoms with Crippen molar-refractivity contribution in [2.45, 2.75) is 25.4 Å². The molecule has 2 heterocycles. The molecule has 148 valence electrons. The molecule has 0 aliphatic carbocycles. The first-order valence-corrected chi connectivity index (χ1v) is 10.2. The second-order valence-electron chi connectivity index (χ2n) is 6.69. The molecule has 2 aromatic heterocycles. The maximum Gasteiger partial charge on any atom is 0.237 e. The highest BCUT2D eigenvalue weighted by atomic mass is 32.2. The average molecular weight is 407 g/mol. The minimum Gasteiger partial charge on any atom is -0.311 e. The minimum atomic E-state index is -0.0660. The van der Waals surface area contributed by atoms with Crippen LogP contribution >= 0.6 is 11.8 Å². The van der Waals surface area contributed by atoms with Gasteiger partial charge in [-0.2, -0.15) is 5.26 Å². The molecule has 0 fully saturated rings. The van der Waals surface area contributed by atoms with Gasteiger partial charge in [0, 0.05) is 37.2 Å². The number of aromatic nitrogens is 4. The summed E-state index contributed by atoms with van der Waals surface area (Å²) >= 11 is 1.34. The first-order valence-electron chi connectivity index (χ1n) is 9.18. The third kappa shape index (κ3) is 5.00. The molecule has 1 aromatic carbocycles. The molecule has 0 spiro atoms. The van der Waals surface area contributed by atoms with E-state index in [2.05, 4.69) is 27.3 Å². The van der Waals surface area contributed by atoms with Gasteiger partial charge in [-0.05, 0) is 49.2 Å². The molecular weight excluding hydrogens is 384 g/mol. The van der Waals surface area contributed by atoms with E-state index in [-0.39, 0.29) is 18.1 Å². The number of carbonyl (C=O) groups excluding carboxylic acids is 1. The zero-order chi connectivity index (χ0) is 20.8. The number of hydrogen-bond donors (Lipinski definition) is 0. The van der Waals surface area contributed by atoms with Crippen molar-refractivity contribution in [1.82, 2.24) is 19.7 Å². The maximum absolute atomic E-state index is 13.0. The summed E-state index contributed by atoms with van der Waals surface area (Å²) in [5.41, 5.74) is 3.90. The zero-order valence-corrected chi connectivity index (χ0v) is 17.5. The van der Waals surface area contributed by atoms with Gasteiger partial charge in [0.05, 0.1) is 18.2 Å². The van der Waals surface area contributed by atoms with Crippen molar-refractivity contribution in [2.75, 3.05) is 17.2 Å². The molecule has 0 N–H and O–H groups in total. The van der Waals surface area contributed by atoms with Crippen LogP contribution in [-0.2, 0) is 11.8 Å². The fraction of sp³-hybridized carbons (Fsp3) is 0.286. The highest BCUT2D eigenvalue weighted by Gasteiger charge is 2.19. The van der Waals surface area contributed by atoms with Crippen LogP contribution in [0.25, 0.3) is 11.4 Å². The minimum absolute atomic E-state index is 0.0660. The number of nitriles is 1. The van der Waals surface area contributed by atoms with Gasteiger partial charge in [0.2, 0.25) is 5.91 Å². The number of carbonyl (C=O) groups is 1. The monoisotopic (exact) mass is 406 g/mol. The first kappa shape index (κ1) is 20.6. The summed E-state index contributed by atoms with van der Waals surface area (Å²) < 4.78 is 1.86. The van der Waals surface area contributed by atoms with Crippen molar-refractivity contribution in [2.24, 2.45) is 7.05 Å². The molecule has 0 saturated carbocycles. The van der Waals surface area contributed by atoms with E-state index in [4.69, 9.17) is 5.26 Å². The highest BCUT2D eigenvalue weighted by molar-refractivity contribution is 7.99. The summed E-state index contributed by atoms with van der Waals surface area (Å²) in [6.45, 7) is 4.36. The number of nitrogens with zero attached hydrogens (tertiary/aromatic N) is 6. The van der Waals surface area contributed by atoms with Crippen molar-refractivity contribution >= 4 is 23.4 Å². The predicted octanol–water partition coefficient (Wildman–Crippen LogP) is 3.53. The van der Waals surface area contributed by atoms with Gasteiger partial charge < -0.3 is 9.47 Å². The Labute approximate surface area is 174 Å². The summed E-state index contributed by atoms with van der Waals surface area (Å²) in [5, 5.41) is 18.1. The van der Waals surface area contributed by atoms with Gasteiger partial charge in [0.1, 0.15) is 0 Å². The Hall–Kier alpha value is -3.18. The van der Waals surface area contributed by atoms with Crippen LogP contribution in [0.15, 0.2) is 47.9 Å². The lowest BCUT2D eigenvalue weighted by Gasteiger charge is -2.22. The molecule has 0 unspecified atom stereocenters. The molecule has 3 aromatic rings. The van der Waals surface area contributed by atoms with Gasteiger partial charge in [-0.1, -0.05) is 17.8 Å². The summed E-state index contributed by atoms with van der Waals surface area (Å²) in [7, 11) is 1.87. The molecule has 7 nitrogen and oxygen atoms in total. The Morgan fingerprint density at radius 2 is 1.86 bits per heavy atom. The molecule has 29 heavy (non-hydrogen) atoms. The lowest BCUT2D eigenvalue weighted by Crippen LogP contribution is -2.33. The number of aryl methyl sites for hydroxylation is 2. The van der Waals surface area contributed by atoms with E-state index in [1.165, 1.54) is 11.8 Å². The molecule has 3 rings (SSSR count). The van der Waals surface area contributed by atoms with Crippen molar-refractivity contribution in [3.05, 3.63) is 53.9 Å². The molecule has 0 aliphatic rings. The van der Waals surface area contributed by atoms with Gasteiger partial charge in [0.25, 0.3) is 0 Å². The van der Waals surface area contributed by atoms with Gasteiger partial charge >= 0.3 is 0 Å². The van der Waals surface area contributed by atoms with E-state index in [1.807, 2.05) is 49.7 Å². The molecule has 0 saturated heterocycles. The van der Waals surface area contributed by atoms with Crippen LogP contribution in [0.1, 0.15) is 17.5 Å². The SMILES string of the molecule is Cc1cc(C)cc(N(CCC#N)C(=O)CSc2nnc(-c3ccncc3)n2C)c1. The van der Waals surface area contributed by atoms with Crippen LogP contribution in [0.3, 0.4) is 0 Å². The Morgan fingerprint density at radius 1 is 1.17 bits per heavy atom. The second kappa shape index (κ2) is 9.34. The Morgan fingerprint density at radius 3 is 2.52 bits per heavy atom. The van der Waals surface area contributed by atoms with E-state index in [9.17, 15) is 4.79 Å². The molecular formula is C21H22N6OS. The van der Waals surface area contributed by atoms with E-state index in [0.717, 1.165) is 28.2 Å². The standard InChI is InChI=1S/C21H22N6OS/c1-15-11-16(2)13-18(12-15)27(10-4-7-22)19(28)14-29-21-25-24-20(26(21)3)17-5-8-23-9-6-17/h5-6,8-9,11-13H,4,10,14H2,1-3H3. The second-order valence-corrected chi connectivity index (χ2v) is 7.63. The third-order valence-corrected chi connectivity index (χ3v) is 5.37. The molecule has 0 radical (unpaired) electrons. The van der Waals surface area contributed by atoms with Crippen molar-refractivity contribution in [3.63, 3.8) is 0 Å². The molecule has 0 bridgehead atoms. The van der Waals surface area contributed by atoms with Crippen LogP contribution in [0, 0.1) is 25.2 Å². The normalized spacial score (nSPS) is 10.6. The van der Waals surface area contributed by atoms with Crippen LogP contribution in [0.2, 0.25) is 0 Å². The van der Waals surface area contributed by atoms with E-state index >= 15 is 0 Å². The Kier molecular flexibility index (Phi) is 6.62. The Bertz CT molecular complexity index is 1020. The topological polar surface area (TPSA) is 87.7 Å². The number of amides is 1. The van der Waals surface area contributed by atoms with Gasteiger partial charge in [-0.25, -0.2) is 0 Å². The number of hydrogen-bond acceptors (Lipinski definition) is 6. The number of thioether (sulfide) groups is 1. The number of benzene rings is 1.